The summed E-state index contributed by atoms with van der Waals surface area (Å²) in [6.45, 7) is 16.8. The number of hydrogen-bond donors (Lipinski definition) is 0. The van der Waals surface area contributed by atoms with Gasteiger partial charge in [0.05, 0.1) is 13.2 Å². The van der Waals surface area contributed by atoms with Gasteiger partial charge in [-0.3, -0.25) is 9.69 Å². The van der Waals surface area contributed by atoms with Gasteiger partial charge in [0.2, 0.25) is 0 Å². The van der Waals surface area contributed by atoms with E-state index >= 15 is 0 Å². The Hall–Kier alpha value is -2.60. The summed E-state index contributed by atoms with van der Waals surface area (Å²) in [4.78, 5) is 18.6. The molecule has 1 atom stereocenters. The number of carbonyl (C=O) groups is 1. The summed E-state index contributed by atoms with van der Waals surface area (Å²) < 4.78 is 7.66. The van der Waals surface area contributed by atoms with Crippen LogP contribution in [0.5, 0.6) is 0 Å². The van der Waals surface area contributed by atoms with Gasteiger partial charge < -0.3 is 14.2 Å². The number of allylic oxidation sites excluding steroid dienone is 1. The van der Waals surface area contributed by atoms with Crippen LogP contribution >= 0.6 is 11.6 Å². The lowest BCUT2D eigenvalue weighted by atomic mass is 9.92. The first kappa shape index (κ1) is 24.5. The number of amides is 1. The largest absolute Gasteiger partial charge is 0.379 e. The predicted molar refractivity (Wildman–Crippen MR) is 139 cm³/mol. The molecule has 0 spiro atoms. The van der Waals surface area contributed by atoms with Crippen LogP contribution < -0.4 is 0 Å². The van der Waals surface area contributed by atoms with Crippen LogP contribution in [-0.2, 0) is 11.8 Å². The van der Waals surface area contributed by atoms with E-state index in [1.165, 1.54) is 16.8 Å². The van der Waals surface area contributed by atoms with Gasteiger partial charge in [-0.15, -0.1) is 0 Å². The van der Waals surface area contributed by atoms with Crippen molar-refractivity contribution in [2.45, 2.75) is 26.3 Å². The smallest absolute Gasteiger partial charge is 0.255 e. The maximum Gasteiger partial charge on any atom is 0.255 e. The molecular formula is C28H34ClN3O2. The number of rotatable bonds is 6. The quantitative estimate of drug-likeness (QED) is 0.573. The van der Waals surface area contributed by atoms with E-state index in [9.17, 15) is 4.79 Å². The Labute approximate surface area is 207 Å². The Kier molecular flexibility index (Phi) is 7.46. The number of morpholine rings is 1. The molecule has 1 aromatic carbocycles. The number of nitrogens with zero attached hydrogens (tertiary/aromatic N) is 3. The first-order valence-corrected chi connectivity index (χ1v) is 12.2. The average Bonchev–Trinajstić information content (AvgIpc) is 3.11. The summed E-state index contributed by atoms with van der Waals surface area (Å²) in [5.74, 6) is 0.0175. The minimum atomic E-state index is 0.0175. The van der Waals surface area contributed by atoms with Crippen LogP contribution in [0.25, 0.3) is 11.3 Å². The Morgan fingerprint density at radius 1 is 1.15 bits per heavy atom. The molecule has 2 aromatic rings. The Morgan fingerprint density at radius 2 is 1.85 bits per heavy atom. The summed E-state index contributed by atoms with van der Waals surface area (Å²) in [5.41, 5.74) is 7.11. The van der Waals surface area contributed by atoms with Gasteiger partial charge in [0, 0.05) is 66.8 Å². The Balaban J connectivity index is 1.74. The molecule has 1 amide bonds. The van der Waals surface area contributed by atoms with Gasteiger partial charge in [0.15, 0.2) is 0 Å². The third kappa shape index (κ3) is 4.78. The third-order valence-electron chi connectivity index (χ3n) is 7.25. The van der Waals surface area contributed by atoms with Gasteiger partial charge in [0.25, 0.3) is 5.91 Å². The van der Waals surface area contributed by atoms with E-state index in [4.69, 9.17) is 16.3 Å². The van der Waals surface area contributed by atoms with Gasteiger partial charge in [-0.1, -0.05) is 36.9 Å². The molecule has 5 nitrogen and oxygen atoms in total. The molecule has 0 aliphatic carbocycles. The topological polar surface area (TPSA) is 37.7 Å². The van der Waals surface area contributed by atoms with Crippen molar-refractivity contribution >= 4 is 17.5 Å². The van der Waals surface area contributed by atoms with Crippen molar-refractivity contribution in [3.8, 4) is 11.3 Å². The maximum atomic E-state index is 14.2. The highest BCUT2D eigenvalue weighted by Gasteiger charge is 2.33. The molecule has 0 bridgehead atoms. The van der Waals surface area contributed by atoms with Crippen molar-refractivity contribution < 1.29 is 9.53 Å². The molecule has 1 unspecified atom stereocenters. The van der Waals surface area contributed by atoms with Crippen LogP contribution in [0.2, 0.25) is 5.02 Å². The molecule has 0 saturated carbocycles. The monoisotopic (exact) mass is 479 g/mol. The molecule has 2 aliphatic heterocycles. The second-order valence-electron chi connectivity index (χ2n) is 9.21. The highest BCUT2D eigenvalue weighted by molar-refractivity contribution is 6.31. The lowest BCUT2D eigenvalue weighted by molar-refractivity contribution is 0.0218. The minimum Gasteiger partial charge on any atom is -0.379 e. The fourth-order valence-corrected chi connectivity index (χ4v) is 5.15. The lowest BCUT2D eigenvalue weighted by Gasteiger charge is -2.41. The first-order valence-electron chi connectivity index (χ1n) is 11.8. The number of carbonyl (C=O) groups excluding carboxylic acids is 1. The number of benzene rings is 1. The number of aromatic nitrogens is 1. The fourth-order valence-electron chi connectivity index (χ4n) is 4.98. The van der Waals surface area contributed by atoms with Crippen LogP contribution in [0.15, 0.2) is 60.7 Å². The van der Waals surface area contributed by atoms with Crippen molar-refractivity contribution in [2.24, 2.45) is 7.05 Å². The molecule has 180 valence electrons. The van der Waals surface area contributed by atoms with Crippen molar-refractivity contribution in [3.63, 3.8) is 0 Å². The zero-order valence-corrected chi connectivity index (χ0v) is 21.2. The summed E-state index contributed by atoms with van der Waals surface area (Å²) in [5, 5.41) is 0.618. The molecular weight excluding hydrogens is 446 g/mol. The van der Waals surface area contributed by atoms with Crippen LogP contribution in [0.3, 0.4) is 0 Å². The van der Waals surface area contributed by atoms with Crippen molar-refractivity contribution in [2.75, 3.05) is 39.4 Å². The fraction of sp³-hybridized carbons (Fsp3) is 0.393. The maximum absolute atomic E-state index is 14.2. The van der Waals surface area contributed by atoms with Gasteiger partial charge in [-0.25, -0.2) is 0 Å². The van der Waals surface area contributed by atoms with E-state index in [1.807, 2.05) is 36.2 Å². The summed E-state index contributed by atoms with van der Waals surface area (Å²) >= 11 is 6.41. The number of ether oxygens (including phenoxy) is 1. The van der Waals surface area contributed by atoms with Crippen molar-refractivity contribution in [3.05, 3.63) is 82.6 Å². The molecule has 3 heterocycles. The number of halogens is 1. The molecule has 0 radical (unpaired) electrons. The average molecular weight is 480 g/mol. The minimum absolute atomic E-state index is 0.0175. The van der Waals surface area contributed by atoms with Crippen molar-refractivity contribution in [1.82, 2.24) is 14.4 Å². The molecule has 4 rings (SSSR count). The zero-order valence-electron chi connectivity index (χ0n) is 20.4. The van der Waals surface area contributed by atoms with Crippen LogP contribution in [0, 0.1) is 13.8 Å². The van der Waals surface area contributed by atoms with Crippen LogP contribution in [0.4, 0.5) is 0 Å². The van der Waals surface area contributed by atoms with Gasteiger partial charge >= 0.3 is 0 Å². The Morgan fingerprint density at radius 3 is 2.47 bits per heavy atom. The van der Waals surface area contributed by atoms with E-state index in [1.54, 1.807) is 6.07 Å². The highest BCUT2D eigenvalue weighted by Crippen LogP contribution is 2.33. The molecule has 1 fully saturated rings. The van der Waals surface area contributed by atoms with Crippen molar-refractivity contribution in [1.29, 1.82) is 0 Å². The second kappa shape index (κ2) is 10.3. The molecule has 2 aliphatic rings. The Bertz CT molecular complexity index is 1140. The summed E-state index contributed by atoms with van der Waals surface area (Å²) in [7, 11) is 2.03. The highest BCUT2D eigenvalue weighted by atomic mass is 35.5. The molecule has 1 saturated heterocycles. The molecule has 6 heteroatoms. The van der Waals surface area contributed by atoms with E-state index in [0.29, 0.717) is 17.1 Å². The standard InChI is InChI=1S/C28H34ClN3O2/c1-6-21-15-24(18-31-10-12-34-13-11-31)32(17-22(21)7-2)28(33)25-9-8-23(29)16-26(25)27-14-19(3)20(4)30(27)5/h6-9,14,16,24H,1-2,10-13,15,17-18H2,3-5H3. The van der Waals surface area contributed by atoms with E-state index in [0.717, 1.165) is 56.1 Å². The van der Waals surface area contributed by atoms with Crippen LogP contribution in [-0.4, -0.2) is 65.7 Å². The van der Waals surface area contributed by atoms with Gasteiger partial charge in [-0.2, -0.15) is 0 Å². The SMILES string of the molecule is C=CC1=C(C=C)CN(C(=O)c2ccc(Cl)cc2-c2cc(C)c(C)n2C)C(CN2CCOCC2)C1. The molecule has 1 aromatic heterocycles. The van der Waals surface area contributed by atoms with E-state index in [-0.39, 0.29) is 11.9 Å². The van der Waals surface area contributed by atoms with Crippen LogP contribution in [0.1, 0.15) is 28.0 Å². The summed E-state index contributed by atoms with van der Waals surface area (Å²) in [6.07, 6.45) is 4.53. The molecule has 0 N–H and O–H groups in total. The van der Waals surface area contributed by atoms with Gasteiger partial charge in [0.1, 0.15) is 0 Å². The van der Waals surface area contributed by atoms with E-state index in [2.05, 4.69) is 42.5 Å². The van der Waals surface area contributed by atoms with E-state index < -0.39 is 0 Å². The number of aryl methyl sites for hydroxylation is 1. The summed E-state index contributed by atoms with van der Waals surface area (Å²) in [6, 6.07) is 7.75. The molecule has 34 heavy (non-hydrogen) atoms. The lowest BCUT2D eigenvalue weighted by Crippen LogP contribution is -2.51. The predicted octanol–water partition coefficient (Wildman–Crippen LogP) is 5.18. The number of hydrogen-bond acceptors (Lipinski definition) is 3. The normalized spacial score (nSPS) is 19.4. The third-order valence-corrected chi connectivity index (χ3v) is 7.49. The zero-order chi connectivity index (χ0) is 24.4. The van der Waals surface area contributed by atoms with Gasteiger partial charge in [-0.05, 0) is 61.2 Å². The first-order chi connectivity index (χ1) is 16.3. The second-order valence-corrected chi connectivity index (χ2v) is 9.65.